The summed E-state index contributed by atoms with van der Waals surface area (Å²) in [4.78, 5) is 21.8. The summed E-state index contributed by atoms with van der Waals surface area (Å²) in [7, 11) is 0. The number of carbonyl (C=O) groups excluding carboxylic acids is 1. The van der Waals surface area contributed by atoms with Crippen LogP contribution in [0.25, 0.3) is 0 Å². The van der Waals surface area contributed by atoms with Gasteiger partial charge in [-0.05, 0) is 24.4 Å². The molecule has 2 rings (SSSR count). The van der Waals surface area contributed by atoms with Crippen LogP contribution in [-0.4, -0.2) is 33.3 Å². The van der Waals surface area contributed by atoms with Crippen molar-refractivity contribution in [1.82, 2.24) is 4.90 Å². The SMILES string of the molecule is O=C1N(C2CCCCC2)CCC1(Cl)[N+](=O)[O-]. The fourth-order valence-corrected chi connectivity index (χ4v) is 2.80. The number of nitro groups is 1. The minimum absolute atomic E-state index is 0.122. The van der Waals surface area contributed by atoms with Crippen LogP contribution in [-0.2, 0) is 4.79 Å². The van der Waals surface area contributed by atoms with Crippen molar-refractivity contribution in [2.75, 3.05) is 6.54 Å². The van der Waals surface area contributed by atoms with Crippen molar-refractivity contribution in [3.05, 3.63) is 10.1 Å². The van der Waals surface area contributed by atoms with Crippen LogP contribution in [0.4, 0.5) is 0 Å². The Labute approximate surface area is 98.9 Å². The second kappa shape index (κ2) is 4.20. The standard InChI is InChI=1S/C10H15ClN2O3/c11-10(13(15)16)6-7-12(9(10)14)8-4-2-1-3-5-8/h8H,1-7H2. The summed E-state index contributed by atoms with van der Waals surface area (Å²) in [6.07, 6.45) is 5.42. The number of hydrogen-bond donors (Lipinski definition) is 0. The molecule has 1 amide bonds. The molecule has 1 saturated heterocycles. The molecule has 0 aromatic rings. The predicted octanol–water partition coefficient (Wildman–Crippen LogP) is 1.76. The molecule has 0 N–H and O–H groups in total. The first-order valence-electron chi connectivity index (χ1n) is 5.70. The van der Waals surface area contributed by atoms with Crippen LogP contribution < -0.4 is 0 Å². The van der Waals surface area contributed by atoms with Gasteiger partial charge in [0.15, 0.2) is 0 Å². The molecule has 1 atom stereocenters. The maximum atomic E-state index is 11.9. The molecule has 1 aliphatic heterocycles. The van der Waals surface area contributed by atoms with Gasteiger partial charge in [-0.1, -0.05) is 19.3 Å². The number of amides is 1. The number of nitrogens with zero attached hydrogens (tertiary/aromatic N) is 2. The molecule has 0 radical (unpaired) electrons. The van der Waals surface area contributed by atoms with Gasteiger partial charge >= 0.3 is 10.9 Å². The molecule has 1 aliphatic carbocycles. The summed E-state index contributed by atoms with van der Waals surface area (Å²) in [6, 6.07) is 0.168. The minimum atomic E-state index is -1.89. The first-order valence-corrected chi connectivity index (χ1v) is 6.08. The highest BCUT2D eigenvalue weighted by atomic mass is 35.5. The van der Waals surface area contributed by atoms with E-state index in [0.29, 0.717) is 6.54 Å². The molecule has 0 spiro atoms. The number of rotatable bonds is 2. The summed E-state index contributed by atoms with van der Waals surface area (Å²) in [5.74, 6) is -0.508. The topological polar surface area (TPSA) is 63.5 Å². The largest absolute Gasteiger partial charge is 0.373 e. The third-order valence-corrected chi connectivity index (χ3v) is 4.07. The molecule has 2 aliphatic rings. The summed E-state index contributed by atoms with van der Waals surface area (Å²) < 4.78 is 0. The summed E-state index contributed by atoms with van der Waals surface area (Å²) in [5, 5.41) is 10.8. The lowest BCUT2D eigenvalue weighted by molar-refractivity contribution is -0.524. The highest BCUT2D eigenvalue weighted by Gasteiger charge is 2.57. The Balaban J connectivity index is 2.09. The maximum Gasteiger partial charge on any atom is 0.373 e. The summed E-state index contributed by atoms with van der Waals surface area (Å²) in [6.45, 7) is 0.425. The van der Waals surface area contributed by atoms with Crippen molar-refractivity contribution in [1.29, 1.82) is 0 Å². The molecule has 1 unspecified atom stereocenters. The molecule has 0 bridgehead atoms. The van der Waals surface area contributed by atoms with E-state index in [-0.39, 0.29) is 12.5 Å². The first-order chi connectivity index (χ1) is 7.55. The van der Waals surface area contributed by atoms with Crippen molar-refractivity contribution in [2.24, 2.45) is 0 Å². The maximum absolute atomic E-state index is 11.9. The van der Waals surface area contributed by atoms with Crippen LogP contribution in [0, 0.1) is 10.1 Å². The van der Waals surface area contributed by atoms with Crippen molar-refractivity contribution in [3.63, 3.8) is 0 Å². The first kappa shape index (κ1) is 11.6. The van der Waals surface area contributed by atoms with E-state index in [0.717, 1.165) is 25.7 Å². The number of alkyl halides is 1. The predicted molar refractivity (Wildman–Crippen MR) is 58.8 cm³/mol. The molecule has 0 aromatic heterocycles. The van der Waals surface area contributed by atoms with Crippen LogP contribution in [0.1, 0.15) is 38.5 Å². The van der Waals surface area contributed by atoms with E-state index >= 15 is 0 Å². The Morgan fingerprint density at radius 2 is 2.00 bits per heavy atom. The van der Waals surface area contributed by atoms with E-state index in [4.69, 9.17) is 11.6 Å². The quantitative estimate of drug-likeness (QED) is 0.323. The van der Waals surface area contributed by atoms with E-state index in [1.54, 1.807) is 4.90 Å². The van der Waals surface area contributed by atoms with Gasteiger partial charge in [-0.2, -0.15) is 0 Å². The molecule has 16 heavy (non-hydrogen) atoms. The zero-order valence-electron chi connectivity index (χ0n) is 9.02. The molecule has 5 nitrogen and oxygen atoms in total. The molecular formula is C10H15ClN2O3. The zero-order valence-corrected chi connectivity index (χ0v) is 9.78. The van der Waals surface area contributed by atoms with Crippen LogP contribution in [0.2, 0.25) is 0 Å². The van der Waals surface area contributed by atoms with Crippen molar-refractivity contribution in [3.8, 4) is 0 Å². The average molecular weight is 247 g/mol. The lowest BCUT2D eigenvalue weighted by Crippen LogP contribution is -2.45. The fourth-order valence-electron chi connectivity index (χ4n) is 2.61. The second-order valence-corrected chi connectivity index (χ2v) is 5.18. The Morgan fingerprint density at radius 1 is 1.38 bits per heavy atom. The Bertz CT molecular complexity index is 317. The Hall–Kier alpha value is -0.840. The van der Waals surface area contributed by atoms with Gasteiger partial charge in [-0.25, -0.2) is 0 Å². The zero-order chi connectivity index (χ0) is 11.8. The minimum Gasteiger partial charge on any atom is -0.332 e. The lowest BCUT2D eigenvalue weighted by atomic mass is 9.94. The normalized spacial score (nSPS) is 32.1. The lowest BCUT2D eigenvalue weighted by Gasteiger charge is -2.30. The number of halogens is 1. The van der Waals surface area contributed by atoms with Crippen LogP contribution in [0.3, 0.4) is 0 Å². The van der Waals surface area contributed by atoms with Crippen LogP contribution >= 0.6 is 11.6 Å². The average Bonchev–Trinajstić information content (AvgIpc) is 2.59. The molecule has 1 saturated carbocycles. The van der Waals surface area contributed by atoms with Gasteiger partial charge in [-0.3, -0.25) is 14.9 Å². The van der Waals surface area contributed by atoms with Gasteiger partial charge in [0, 0.05) is 12.6 Å². The van der Waals surface area contributed by atoms with E-state index in [2.05, 4.69) is 0 Å². The molecule has 90 valence electrons. The van der Waals surface area contributed by atoms with Gasteiger partial charge in [0.05, 0.1) is 11.3 Å². The number of carbonyl (C=O) groups is 1. The van der Waals surface area contributed by atoms with Crippen LogP contribution in [0.5, 0.6) is 0 Å². The van der Waals surface area contributed by atoms with Gasteiger partial charge in [0.25, 0.3) is 0 Å². The third-order valence-electron chi connectivity index (χ3n) is 3.58. The van der Waals surface area contributed by atoms with Gasteiger partial charge in [0.2, 0.25) is 0 Å². The molecule has 1 heterocycles. The molecule has 0 aromatic carbocycles. The summed E-state index contributed by atoms with van der Waals surface area (Å²) in [5.41, 5.74) is 0. The molecule has 2 fully saturated rings. The van der Waals surface area contributed by atoms with E-state index in [1.165, 1.54) is 6.42 Å². The van der Waals surface area contributed by atoms with Gasteiger partial charge in [-0.15, -0.1) is 0 Å². The third kappa shape index (κ3) is 1.77. The van der Waals surface area contributed by atoms with E-state index < -0.39 is 15.8 Å². The molecular weight excluding hydrogens is 232 g/mol. The van der Waals surface area contributed by atoms with E-state index in [9.17, 15) is 14.9 Å². The smallest absolute Gasteiger partial charge is 0.332 e. The summed E-state index contributed by atoms with van der Waals surface area (Å²) >= 11 is 5.78. The van der Waals surface area contributed by atoms with Crippen molar-refractivity contribution >= 4 is 17.5 Å². The second-order valence-electron chi connectivity index (χ2n) is 4.56. The number of likely N-dealkylation sites (tertiary alicyclic amines) is 1. The molecule has 6 heteroatoms. The van der Waals surface area contributed by atoms with Crippen LogP contribution in [0.15, 0.2) is 0 Å². The number of hydrogen-bond acceptors (Lipinski definition) is 3. The monoisotopic (exact) mass is 246 g/mol. The van der Waals surface area contributed by atoms with Crippen molar-refractivity contribution < 1.29 is 9.72 Å². The highest BCUT2D eigenvalue weighted by Crippen LogP contribution is 2.34. The van der Waals surface area contributed by atoms with Gasteiger partial charge < -0.3 is 4.90 Å². The van der Waals surface area contributed by atoms with Crippen molar-refractivity contribution in [2.45, 2.75) is 49.6 Å². The Morgan fingerprint density at radius 3 is 2.50 bits per heavy atom. The van der Waals surface area contributed by atoms with Gasteiger partial charge in [0.1, 0.15) is 0 Å². The Kier molecular flexibility index (Phi) is 3.06. The highest BCUT2D eigenvalue weighted by molar-refractivity contribution is 6.33. The van der Waals surface area contributed by atoms with E-state index in [1.807, 2.05) is 0 Å². The fraction of sp³-hybridized carbons (Fsp3) is 0.900.